The van der Waals surface area contributed by atoms with Crippen molar-refractivity contribution in [2.24, 2.45) is 0 Å². The van der Waals surface area contributed by atoms with Gasteiger partial charge in [-0.3, -0.25) is 9.69 Å². The van der Waals surface area contributed by atoms with Crippen molar-refractivity contribution < 1.29 is 9.90 Å². The van der Waals surface area contributed by atoms with E-state index in [9.17, 15) is 4.79 Å². The molecule has 2 aliphatic rings. The van der Waals surface area contributed by atoms with Crippen LogP contribution in [0, 0.1) is 0 Å². The van der Waals surface area contributed by atoms with Crippen LogP contribution in [0.5, 0.6) is 0 Å². The number of thiazole rings is 1. The van der Waals surface area contributed by atoms with Crippen LogP contribution < -0.4 is 0 Å². The Bertz CT molecular complexity index is 469. The molecule has 0 aromatic carbocycles. The van der Waals surface area contributed by atoms with Gasteiger partial charge in [0, 0.05) is 10.8 Å². The summed E-state index contributed by atoms with van der Waals surface area (Å²) in [6.45, 7) is 3.54. The number of carboxylic acids is 1. The third kappa shape index (κ3) is 2.74. The summed E-state index contributed by atoms with van der Waals surface area (Å²) >= 11 is 1.91. The third-order valence-electron chi connectivity index (χ3n) is 4.65. The summed E-state index contributed by atoms with van der Waals surface area (Å²) in [6, 6.07) is -0.361. The minimum atomic E-state index is -0.715. The van der Waals surface area contributed by atoms with Gasteiger partial charge in [0.05, 0.1) is 10.7 Å². The number of aryl methyl sites for hydroxylation is 2. The minimum absolute atomic E-state index is 0.361. The summed E-state index contributed by atoms with van der Waals surface area (Å²) in [6.07, 6.45) is 7.05. The Morgan fingerprint density at radius 3 is 2.70 bits per heavy atom. The van der Waals surface area contributed by atoms with E-state index in [1.807, 2.05) is 11.3 Å². The molecule has 1 atom stereocenters. The largest absolute Gasteiger partial charge is 0.480 e. The lowest BCUT2D eigenvalue weighted by molar-refractivity contribution is -0.143. The number of piperidine rings is 1. The first-order valence-corrected chi connectivity index (χ1v) is 8.42. The van der Waals surface area contributed by atoms with Crippen molar-refractivity contribution in [3.8, 4) is 0 Å². The van der Waals surface area contributed by atoms with E-state index in [1.54, 1.807) is 6.92 Å². The quantitative estimate of drug-likeness (QED) is 0.931. The second-order valence-electron chi connectivity index (χ2n) is 5.95. The second kappa shape index (κ2) is 5.82. The summed E-state index contributed by atoms with van der Waals surface area (Å²) in [5.74, 6) is -0.170. The summed E-state index contributed by atoms with van der Waals surface area (Å²) in [4.78, 5) is 19.5. The minimum Gasteiger partial charge on any atom is -0.480 e. The molecule has 1 saturated heterocycles. The van der Waals surface area contributed by atoms with E-state index in [1.165, 1.54) is 34.8 Å². The summed E-state index contributed by atoms with van der Waals surface area (Å²) < 4.78 is 0. The van der Waals surface area contributed by atoms with Crippen molar-refractivity contribution >= 4 is 17.3 Å². The van der Waals surface area contributed by atoms with Crippen LogP contribution >= 0.6 is 11.3 Å². The van der Waals surface area contributed by atoms with Gasteiger partial charge in [0.25, 0.3) is 0 Å². The summed E-state index contributed by atoms with van der Waals surface area (Å²) in [5.41, 5.74) is 1.34. The SMILES string of the molecule is CC(C(=O)O)N1CCC(c2nc3c(s2)CCCC3)CC1. The number of carbonyl (C=O) groups is 1. The number of hydrogen-bond donors (Lipinski definition) is 1. The molecule has 3 rings (SSSR count). The lowest BCUT2D eigenvalue weighted by Crippen LogP contribution is -2.43. The zero-order valence-corrected chi connectivity index (χ0v) is 12.8. The molecule has 5 heteroatoms. The Morgan fingerprint density at radius 2 is 2.05 bits per heavy atom. The fourth-order valence-corrected chi connectivity index (χ4v) is 4.56. The number of carboxylic acid groups (broad SMARTS) is 1. The number of rotatable bonds is 3. The Labute approximate surface area is 123 Å². The number of aromatic nitrogens is 1. The molecule has 0 saturated carbocycles. The predicted molar refractivity (Wildman–Crippen MR) is 79.4 cm³/mol. The van der Waals surface area contributed by atoms with Gasteiger partial charge in [-0.05, 0) is 58.5 Å². The highest BCUT2D eigenvalue weighted by atomic mass is 32.1. The van der Waals surface area contributed by atoms with E-state index in [4.69, 9.17) is 10.1 Å². The van der Waals surface area contributed by atoms with E-state index < -0.39 is 5.97 Å². The second-order valence-corrected chi connectivity index (χ2v) is 7.07. The van der Waals surface area contributed by atoms with Crippen LogP contribution in [0.15, 0.2) is 0 Å². The third-order valence-corrected chi connectivity index (χ3v) is 5.97. The van der Waals surface area contributed by atoms with Crippen molar-refractivity contribution in [3.63, 3.8) is 0 Å². The van der Waals surface area contributed by atoms with Crippen molar-refractivity contribution in [3.05, 3.63) is 15.6 Å². The van der Waals surface area contributed by atoms with Crippen LogP contribution in [0.4, 0.5) is 0 Å². The Morgan fingerprint density at radius 1 is 1.35 bits per heavy atom. The fourth-order valence-electron chi connectivity index (χ4n) is 3.24. The van der Waals surface area contributed by atoms with E-state index in [0.29, 0.717) is 5.92 Å². The smallest absolute Gasteiger partial charge is 0.320 e. The van der Waals surface area contributed by atoms with Crippen molar-refractivity contribution in [2.45, 2.75) is 57.4 Å². The molecule has 0 radical (unpaired) electrons. The van der Waals surface area contributed by atoms with Crippen LogP contribution in [-0.4, -0.2) is 40.1 Å². The Balaban J connectivity index is 1.63. The van der Waals surface area contributed by atoms with Gasteiger partial charge < -0.3 is 5.11 Å². The molecule has 1 aliphatic heterocycles. The van der Waals surface area contributed by atoms with Crippen LogP contribution in [0.3, 0.4) is 0 Å². The Kier molecular flexibility index (Phi) is 4.08. The molecule has 0 bridgehead atoms. The maximum atomic E-state index is 11.0. The van der Waals surface area contributed by atoms with Crippen LogP contribution in [-0.2, 0) is 17.6 Å². The van der Waals surface area contributed by atoms with Gasteiger partial charge in [0.2, 0.25) is 0 Å². The van der Waals surface area contributed by atoms with Gasteiger partial charge in [-0.25, -0.2) is 4.98 Å². The van der Waals surface area contributed by atoms with Crippen molar-refractivity contribution in [2.75, 3.05) is 13.1 Å². The highest BCUT2D eigenvalue weighted by molar-refractivity contribution is 7.11. The van der Waals surface area contributed by atoms with Gasteiger partial charge in [-0.2, -0.15) is 0 Å². The first-order valence-electron chi connectivity index (χ1n) is 7.60. The van der Waals surface area contributed by atoms with Gasteiger partial charge in [-0.15, -0.1) is 11.3 Å². The molecule has 1 unspecified atom stereocenters. The molecular formula is C15H22N2O2S. The first kappa shape index (κ1) is 14.0. The van der Waals surface area contributed by atoms with Gasteiger partial charge in [0.15, 0.2) is 0 Å². The molecule has 0 spiro atoms. The average Bonchev–Trinajstić information content (AvgIpc) is 2.90. The lowest BCUT2D eigenvalue weighted by atomic mass is 9.96. The van der Waals surface area contributed by atoms with Crippen LogP contribution in [0.2, 0.25) is 0 Å². The van der Waals surface area contributed by atoms with E-state index in [2.05, 4.69) is 4.90 Å². The van der Waals surface area contributed by atoms with E-state index in [-0.39, 0.29) is 6.04 Å². The zero-order valence-electron chi connectivity index (χ0n) is 12.0. The van der Waals surface area contributed by atoms with Gasteiger partial charge in [0.1, 0.15) is 6.04 Å². The van der Waals surface area contributed by atoms with Gasteiger partial charge >= 0.3 is 5.97 Å². The molecule has 1 fully saturated rings. The number of hydrogen-bond acceptors (Lipinski definition) is 4. The maximum absolute atomic E-state index is 11.0. The molecule has 1 N–H and O–H groups in total. The van der Waals surface area contributed by atoms with Gasteiger partial charge in [-0.1, -0.05) is 0 Å². The molecular weight excluding hydrogens is 272 g/mol. The molecule has 1 aromatic rings. The number of fused-ring (bicyclic) bond motifs is 1. The number of aliphatic carboxylic acids is 1. The monoisotopic (exact) mass is 294 g/mol. The first-order chi connectivity index (χ1) is 9.65. The van der Waals surface area contributed by atoms with Crippen molar-refractivity contribution in [1.29, 1.82) is 0 Å². The number of likely N-dealkylation sites (tertiary alicyclic amines) is 1. The van der Waals surface area contributed by atoms with Crippen LogP contribution in [0.1, 0.15) is 54.1 Å². The van der Waals surface area contributed by atoms with Crippen LogP contribution in [0.25, 0.3) is 0 Å². The standard InChI is InChI=1S/C15H22N2O2S/c1-10(15(18)19)17-8-6-11(7-9-17)14-16-12-4-2-3-5-13(12)20-14/h10-11H,2-9H2,1H3,(H,18,19). The highest BCUT2D eigenvalue weighted by Gasteiger charge is 2.29. The number of nitrogens with zero attached hydrogens (tertiary/aromatic N) is 2. The van der Waals surface area contributed by atoms with E-state index >= 15 is 0 Å². The Hall–Kier alpha value is -0.940. The molecule has 2 heterocycles. The molecule has 1 aromatic heterocycles. The zero-order chi connectivity index (χ0) is 14.1. The molecule has 1 aliphatic carbocycles. The fraction of sp³-hybridized carbons (Fsp3) is 0.733. The predicted octanol–water partition coefficient (Wildman–Crippen LogP) is 2.67. The molecule has 4 nitrogen and oxygen atoms in total. The van der Waals surface area contributed by atoms with E-state index in [0.717, 1.165) is 32.4 Å². The average molecular weight is 294 g/mol. The lowest BCUT2D eigenvalue weighted by Gasteiger charge is -2.33. The molecule has 20 heavy (non-hydrogen) atoms. The summed E-state index contributed by atoms with van der Waals surface area (Å²) in [5, 5.41) is 10.4. The highest BCUT2D eigenvalue weighted by Crippen LogP contribution is 2.35. The van der Waals surface area contributed by atoms with Crippen molar-refractivity contribution in [1.82, 2.24) is 9.88 Å². The maximum Gasteiger partial charge on any atom is 0.320 e. The molecule has 110 valence electrons. The topological polar surface area (TPSA) is 53.4 Å². The normalized spacial score (nSPS) is 22.4. The summed E-state index contributed by atoms with van der Waals surface area (Å²) in [7, 11) is 0. The molecule has 0 amide bonds.